The summed E-state index contributed by atoms with van der Waals surface area (Å²) in [6.45, 7) is 6.76. The average Bonchev–Trinajstić information content (AvgIpc) is 3.15. The van der Waals surface area contributed by atoms with Gasteiger partial charge in [0.25, 0.3) is 0 Å². The van der Waals surface area contributed by atoms with Gasteiger partial charge in [0.2, 0.25) is 5.91 Å². The largest absolute Gasteiger partial charge is 0.497 e. The van der Waals surface area contributed by atoms with E-state index in [0.29, 0.717) is 6.54 Å². The molecule has 0 bridgehead atoms. The van der Waals surface area contributed by atoms with E-state index in [1.165, 1.54) is 16.0 Å². The number of amides is 1. The third-order valence-electron chi connectivity index (χ3n) is 5.14. The molecule has 1 N–H and O–H groups in total. The Bertz CT molecular complexity index is 751. The topological polar surface area (TPSA) is 41.6 Å². The predicted octanol–water partition coefficient (Wildman–Crippen LogP) is 3.91. The number of benzene rings is 2. The van der Waals surface area contributed by atoms with Crippen LogP contribution in [0.1, 0.15) is 31.0 Å². The lowest BCUT2D eigenvalue weighted by molar-refractivity contribution is -0.120. The Morgan fingerprint density at radius 1 is 1.22 bits per heavy atom. The van der Waals surface area contributed by atoms with Crippen LogP contribution in [0.25, 0.3) is 0 Å². The van der Waals surface area contributed by atoms with Crippen molar-refractivity contribution in [2.75, 3.05) is 26.7 Å². The van der Waals surface area contributed by atoms with Gasteiger partial charge in [-0.05, 0) is 48.8 Å². The van der Waals surface area contributed by atoms with Gasteiger partial charge in [0.05, 0.1) is 18.4 Å². The number of nitrogens with zero attached hydrogens (tertiary/aromatic N) is 1. The fourth-order valence-electron chi connectivity index (χ4n) is 3.61. The zero-order valence-electron chi connectivity index (χ0n) is 16.3. The van der Waals surface area contributed by atoms with Gasteiger partial charge in [0, 0.05) is 11.4 Å². The van der Waals surface area contributed by atoms with Crippen LogP contribution in [0.15, 0.2) is 53.4 Å². The van der Waals surface area contributed by atoms with E-state index in [-0.39, 0.29) is 17.2 Å². The number of ether oxygens (including phenoxy) is 1. The molecule has 1 aliphatic rings. The van der Waals surface area contributed by atoms with Crippen molar-refractivity contribution >= 4 is 17.7 Å². The van der Waals surface area contributed by atoms with Gasteiger partial charge in [-0.1, -0.05) is 44.2 Å². The molecule has 0 saturated carbocycles. The lowest BCUT2D eigenvalue weighted by Crippen LogP contribution is -2.41. The van der Waals surface area contributed by atoms with Crippen LogP contribution in [-0.2, 0) is 11.2 Å². The highest BCUT2D eigenvalue weighted by Crippen LogP contribution is 2.36. The molecule has 144 valence electrons. The van der Waals surface area contributed by atoms with Crippen LogP contribution in [-0.4, -0.2) is 42.8 Å². The zero-order valence-corrected chi connectivity index (χ0v) is 17.1. The van der Waals surface area contributed by atoms with Crippen LogP contribution in [0.3, 0.4) is 0 Å². The number of hydrogen-bond donors (Lipinski definition) is 1. The maximum absolute atomic E-state index is 12.8. The molecular weight excluding hydrogens is 356 g/mol. The smallest absolute Gasteiger partial charge is 0.233 e. The molecule has 2 unspecified atom stereocenters. The number of carbonyl (C=O) groups is 1. The van der Waals surface area contributed by atoms with Crippen molar-refractivity contribution in [2.45, 2.75) is 36.5 Å². The summed E-state index contributed by atoms with van der Waals surface area (Å²) < 4.78 is 5.39. The highest BCUT2D eigenvalue weighted by Gasteiger charge is 2.29. The fourth-order valence-corrected chi connectivity index (χ4v) is 4.83. The average molecular weight is 385 g/mol. The van der Waals surface area contributed by atoms with E-state index in [1.807, 2.05) is 24.3 Å². The van der Waals surface area contributed by atoms with Gasteiger partial charge >= 0.3 is 0 Å². The van der Waals surface area contributed by atoms with Crippen molar-refractivity contribution in [2.24, 2.45) is 0 Å². The molecule has 3 rings (SSSR count). The number of nitrogens with one attached hydrogen (secondary N) is 1. The van der Waals surface area contributed by atoms with E-state index in [2.05, 4.69) is 48.3 Å². The molecular formula is C22H28N2O2S. The molecule has 0 saturated heterocycles. The highest BCUT2D eigenvalue weighted by molar-refractivity contribution is 8.01. The minimum atomic E-state index is -0.0370. The first kappa shape index (κ1) is 19.8. The molecule has 1 heterocycles. The van der Waals surface area contributed by atoms with Gasteiger partial charge in [0.1, 0.15) is 5.75 Å². The van der Waals surface area contributed by atoms with E-state index in [0.717, 1.165) is 25.3 Å². The summed E-state index contributed by atoms with van der Waals surface area (Å²) in [5.41, 5.74) is 2.44. The van der Waals surface area contributed by atoms with E-state index < -0.39 is 0 Å². The summed E-state index contributed by atoms with van der Waals surface area (Å²) in [7, 11) is 1.68. The van der Waals surface area contributed by atoms with Gasteiger partial charge in [0.15, 0.2) is 0 Å². The number of fused-ring (bicyclic) bond motifs is 1. The van der Waals surface area contributed by atoms with Crippen LogP contribution in [0.5, 0.6) is 5.75 Å². The third kappa shape index (κ3) is 4.66. The second-order valence-electron chi connectivity index (χ2n) is 6.68. The van der Waals surface area contributed by atoms with Crippen LogP contribution in [0.4, 0.5) is 0 Å². The van der Waals surface area contributed by atoms with Crippen LogP contribution in [0, 0.1) is 0 Å². The van der Waals surface area contributed by atoms with Gasteiger partial charge in [-0.15, -0.1) is 11.8 Å². The Kier molecular flexibility index (Phi) is 6.80. The summed E-state index contributed by atoms with van der Waals surface area (Å²) in [4.78, 5) is 16.4. The van der Waals surface area contributed by atoms with Crippen molar-refractivity contribution in [1.29, 1.82) is 0 Å². The van der Waals surface area contributed by atoms with Gasteiger partial charge in [-0.3, -0.25) is 9.69 Å². The van der Waals surface area contributed by atoms with E-state index >= 15 is 0 Å². The molecule has 0 spiro atoms. The number of rotatable bonds is 8. The van der Waals surface area contributed by atoms with Crippen molar-refractivity contribution < 1.29 is 9.53 Å². The molecule has 2 aromatic carbocycles. The summed E-state index contributed by atoms with van der Waals surface area (Å²) in [5, 5.41) is 3.17. The molecule has 4 nitrogen and oxygen atoms in total. The quantitative estimate of drug-likeness (QED) is 0.749. The standard InChI is InChI=1S/C22H28N2O2S/c1-4-24(5-2)19(16-10-8-11-18(13-16)26-3)15-23-22(25)21-14-17-9-6-7-12-20(17)27-21/h6-13,19,21H,4-5,14-15H2,1-3H3,(H,23,25). The summed E-state index contributed by atoms with van der Waals surface area (Å²) in [6.07, 6.45) is 0.807. The Hall–Kier alpha value is -1.98. The monoisotopic (exact) mass is 384 g/mol. The molecule has 2 aromatic rings. The first-order valence-corrected chi connectivity index (χ1v) is 10.4. The van der Waals surface area contributed by atoms with E-state index in [1.54, 1.807) is 18.9 Å². The maximum atomic E-state index is 12.8. The first-order chi connectivity index (χ1) is 13.2. The number of thioether (sulfide) groups is 1. The first-order valence-electron chi connectivity index (χ1n) is 9.56. The molecule has 1 amide bonds. The lowest BCUT2D eigenvalue weighted by Gasteiger charge is -2.30. The molecule has 2 atom stereocenters. The summed E-state index contributed by atoms with van der Waals surface area (Å²) in [6, 6.07) is 16.6. The van der Waals surface area contributed by atoms with Crippen molar-refractivity contribution in [3.8, 4) is 5.75 Å². The lowest BCUT2D eigenvalue weighted by atomic mass is 10.0. The molecule has 0 radical (unpaired) electrons. The third-order valence-corrected chi connectivity index (χ3v) is 6.46. The molecule has 5 heteroatoms. The normalized spacial score (nSPS) is 16.8. The molecule has 1 aliphatic heterocycles. The maximum Gasteiger partial charge on any atom is 0.233 e. The van der Waals surface area contributed by atoms with Crippen molar-refractivity contribution in [3.63, 3.8) is 0 Å². The zero-order chi connectivity index (χ0) is 19.2. The van der Waals surface area contributed by atoms with E-state index in [4.69, 9.17) is 4.74 Å². The predicted molar refractivity (Wildman–Crippen MR) is 111 cm³/mol. The number of carbonyl (C=O) groups excluding carboxylic acids is 1. The second-order valence-corrected chi connectivity index (χ2v) is 7.92. The number of methoxy groups -OCH3 is 1. The van der Waals surface area contributed by atoms with Gasteiger partial charge in [-0.25, -0.2) is 0 Å². The molecule has 27 heavy (non-hydrogen) atoms. The minimum Gasteiger partial charge on any atom is -0.497 e. The van der Waals surface area contributed by atoms with E-state index in [9.17, 15) is 4.79 Å². The Labute approximate surface area is 166 Å². The molecule has 0 aliphatic carbocycles. The van der Waals surface area contributed by atoms with Crippen LogP contribution < -0.4 is 10.1 Å². The van der Waals surface area contributed by atoms with Gasteiger partial charge < -0.3 is 10.1 Å². The minimum absolute atomic E-state index is 0.0370. The highest BCUT2D eigenvalue weighted by atomic mass is 32.2. The number of likely N-dealkylation sites (N-methyl/N-ethyl adjacent to an activating group) is 1. The summed E-state index contributed by atoms with van der Waals surface area (Å²) >= 11 is 1.67. The van der Waals surface area contributed by atoms with Crippen molar-refractivity contribution in [3.05, 3.63) is 59.7 Å². The fraction of sp³-hybridized carbons (Fsp3) is 0.409. The molecule has 0 fully saturated rings. The second kappa shape index (κ2) is 9.29. The van der Waals surface area contributed by atoms with Crippen molar-refractivity contribution in [1.82, 2.24) is 10.2 Å². The summed E-state index contributed by atoms with van der Waals surface area (Å²) in [5.74, 6) is 0.967. The Balaban J connectivity index is 1.68. The Morgan fingerprint density at radius 3 is 2.70 bits per heavy atom. The SMILES string of the molecule is CCN(CC)C(CNC(=O)C1Cc2ccccc2S1)c1cccc(OC)c1. The van der Waals surface area contributed by atoms with Crippen LogP contribution >= 0.6 is 11.8 Å². The van der Waals surface area contributed by atoms with Gasteiger partial charge in [-0.2, -0.15) is 0 Å². The van der Waals surface area contributed by atoms with Crippen LogP contribution in [0.2, 0.25) is 0 Å². The Morgan fingerprint density at radius 2 is 2.00 bits per heavy atom. The number of hydrogen-bond acceptors (Lipinski definition) is 4. The molecule has 0 aromatic heterocycles.